The Morgan fingerprint density at radius 3 is 1.83 bits per heavy atom. The SMILES string of the molecule is CCCCCC/C=C\C/C=C\CCCCCCCC(=O)NC(COP(=O)([O-])OCC[N+](C)(C)C)C(O)/C=C/CCCCCCCC. The highest BCUT2D eigenvalue weighted by Gasteiger charge is 2.23. The van der Waals surface area contributed by atoms with Crippen LogP contribution < -0.4 is 10.2 Å². The van der Waals surface area contributed by atoms with Gasteiger partial charge < -0.3 is 28.8 Å². The molecule has 0 aliphatic carbocycles. The number of quaternary nitrogens is 1. The second kappa shape index (κ2) is 29.8. The first-order valence-corrected chi connectivity index (χ1v) is 19.8. The van der Waals surface area contributed by atoms with Gasteiger partial charge in [0.25, 0.3) is 7.82 Å². The fraction of sp³-hybridized carbons (Fsp3) is 0.811. The number of nitrogens with one attached hydrogen (secondary N) is 1. The fourth-order valence-electron chi connectivity index (χ4n) is 4.83. The molecule has 46 heavy (non-hydrogen) atoms. The number of aliphatic hydroxyl groups is 1. The van der Waals surface area contributed by atoms with Crippen LogP contribution in [0.4, 0.5) is 0 Å². The lowest BCUT2D eigenvalue weighted by Gasteiger charge is -2.29. The van der Waals surface area contributed by atoms with Crippen LogP contribution in [-0.4, -0.2) is 68.5 Å². The minimum absolute atomic E-state index is 0.00506. The van der Waals surface area contributed by atoms with Gasteiger partial charge in [0.1, 0.15) is 13.2 Å². The molecule has 0 aliphatic heterocycles. The van der Waals surface area contributed by atoms with E-state index in [1.54, 1.807) is 6.08 Å². The molecule has 0 fully saturated rings. The van der Waals surface area contributed by atoms with E-state index in [1.807, 2.05) is 27.2 Å². The molecular weight excluding hydrogens is 599 g/mol. The standard InChI is InChI=1S/C37H71N2O6P/c1-6-8-10-12-14-16-17-18-19-20-21-22-23-25-27-29-31-37(41)38-35(34-45-46(42,43)44-33-32-39(3,4)5)36(40)30-28-26-24-15-13-11-9-7-2/h16-17,19-20,28,30,35-36,40H,6-15,18,21-27,29,31-34H2,1-5H3,(H-,38,41,42,43)/b17-16-,20-19-,30-28+. The Kier molecular flexibility index (Phi) is 29.0. The van der Waals surface area contributed by atoms with E-state index in [1.165, 1.54) is 57.8 Å². The molecule has 3 atom stereocenters. The molecule has 3 unspecified atom stereocenters. The average Bonchev–Trinajstić information content (AvgIpc) is 2.99. The molecule has 270 valence electrons. The Bertz CT molecular complexity index is 855. The van der Waals surface area contributed by atoms with Crippen LogP contribution in [0.2, 0.25) is 0 Å². The summed E-state index contributed by atoms with van der Waals surface area (Å²) in [5.41, 5.74) is 0. The second-order valence-electron chi connectivity index (χ2n) is 13.6. The highest BCUT2D eigenvalue weighted by atomic mass is 31.2. The van der Waals surface area contributed by atoms with Gasteiger partial charge in [-0.3, -0.25) is 9.36 Å². The molecule has 8 nitrogen and oxygen atoms in total. The molecule has 0 aromatic heterocycles. The van der Waals surface area contributed by atoms with Gasteiger partial charge in [-0.05, 0) is 51.4 Å². The summed E-state index contributed by atoms with van der Waals surface area (Å²) in [6, 6.07) is -0.889. The van der Waals surface area contributed by atoms with Crippen LogP contribution >= 0.6 is 7.82 Å². The molecule has 0 bridgehead atoms. The summed E-state index contributed by atoms with van der Waals surface area (Å²) in [6.07, 6.45) is 33.3. The zero-order valence-electron chi connectivity index (χ0n) is 30.3. The zero-order valence-corrected chi connectivity index (χ0v) is 31.2. The van der Waals surface area contributed by atoms with Crippen molar-refractivity contribution < 1.29 is 32.9 Å². The van der Waals surface area contributed by atoms with Crippen molar-refractivity contribution in [1.82, 2.24) is 5.32 Å². The van der Waals surface area contributed by atoms with E-state index in [4.69, 9.17) is 9.05 Å². The fourth-order valence-corrected chi connectivity index (χ4v) is 5.55. The van der Waals surface area contributed by atoms with Gasteiger partial charge in [0.2, 0.25) is 5.91 Å². The summed E-state index contributed by atoms with van der Waals surface area (Å²) in [5, 5.41) is 13.6. The first kappa shape index (κ1) is 44.7. The number of amides is 1. The molecule has 2 N–H and O–H groups in total. The smallest absolute Gasteiger partial charge is 0.268 e. The molecule has 0 aromatic rings. The lowest BCUT2D eigenvalue weighted by molar-refractivity contribution is -0.870. The third-order valence-corrected chi connectivity index (χ3v) is 8.81. The lowest BCUT2D eigenvalue weighted by atomic mass is 10.1. The summed E-state index contributed by atoms with van der Waals surface area (Å²) in [6.45, 7) is 4.54. The average molecular weight is 671 g/mol. The van der Waals surface area contributed by atoms with Crippen LogP contribution in [0.3, 0.4) is 0 Å². The number of unbranched alkanes of at least 4 members (excludes halogenated alkanes) is 15. The predicted octanol–water partition coefficient (Wildman–Crippen LogP) is 8.55. The molecule has 0 spiro atoms. The second-order valence-corrected chi connectivity index (χ2v) is 15.0. The van der Waals surface area contributed by atoms with Gasteiger partial charge in [0, 0.05) is 6.42 Å². The Morgan fingerprint density at radius 1 is 0.761 bits per heavy atom. The first-order chi connectivity index (χ1) is 22.0. The maximum absolute atomic E-state index is 12.7. The highest BCUT2D eigenvalue weighted by Crippen LogP contribution is 2.38. The number of hydrogen-bond acceptors (Lipinski definition) is 6. The number of phosphoric ester groups is 1. The highest BCUT2D eigenvalue weighted by molar-refractivity contribution is 7.45. The van der Waals surface area contributed by atoms with Gasteiger partial charge in [0.15, 0.2) is 0 Å². The lowest BCUT2D eigenvalue weighted by Crippen LogP contribution is -2.45. The van der Waals surface area contributed by atoms with E-state index in [9.17, 15) is 19.4 Å². The van der Waals surface area contributed by atoms with Crippen molar-refractivity contribution >= 4 is 13.7 Å². The third-order valence-electron chi connectivity index (χ3n) is 7.84. The zero-order chi connectivity index (χ0) is 34.4. The van der Waals surface area contributed by atoms with Crippen LogP contribution in [0.1, 0.15) is 142 Å². The molecule has 1 amide bonds. The van der Waals surface area contributed by atoms with E-state index in [0.29, 0.717) is 17.4 Å². The first-order valence-electron chi connectivity index (χ1n) is 18.4. The summed E-state index contributed by atoms with van der Waals surface area (Å²) < 4.78 is 23.0. The van der Waals surface area contributed by atoms with Crippen LogP contribution in [-0.2, 0) is 18.4 Å². The monoisotopic (exact) mass is 671 g/mol. The van der Waals surface area contributed by atoms with Gasteiger partial charge in [-0.2, -0.15) is 0 Å². The molecule has 0 radical (unpaired) electrons. The summed E-state index contributed by atoms with van der Waals surface area (Å²) in [7, 11) is 1.24. The van der Waals surface area contributed by atoms with Crippen molar-refractivity contribution in [2.45, 2.75) is 154 Å². The third kappa shape index (κ3) is 31.3. The quantitative estimate of drug-likeness (QED) is 0.0321. The Balaban J connectivity index is 4.50. The van der Waals surface area contributed by atoms with E-state index < -0.39 is 20.0 Å². The van der Waals surface area contributed by atoms with Crippen molar-refractivity contribution in [1.29, 1.82) is 0 Å². The molecule has 0 saturated heterocycles. The van der Waals surface area contributed by atoms with Crippen LogP contribution in [0.5, 0.6) is 0 Å². The van der Waals surface area contributed by atoms with E-state index in [2.05, 4.69) is 43.5 Å². The van der Waals surface area contributed by atoms with Gasteiger partial charge in [-0.1, -0.05) is 121 Å². The molecule has 0 heterocycles. The number of rotatable bonds is 32. The van der Waals surface area contributed by atoms with E-state index in [0.717, 1.165) is 64.2 Å². The van der Waals surface area contributed by atoms with Crippen molar-refractivity contribution in [2.24, 2.45) is 0 Å². The number of aliphatic hydroxyl groups excluding tert-OH is 1. The number of carbonyl (C=O) groups is 1. The number of allylic oxidation sites excluding steroid dienone is 5. The van der Waals surface area contributed by atoms with Crippen LogP contribution in [0.15, 0.2) is 36.5 Å². The minimum atomic E-state index is -4.58. The molecule has 0 rings (SSSR count). The molecular formula is C37H71N2O6P. The summed E-state index contributed by atoms with van der Waals surface area (Å²) >= 11 is 0. The molecule has 0 aromatic carbocycles. The number of nitrogens with zero attached hydrogens (tertiary/aromatic N) is 1. The Morgan fingerprint density at radius 2 is 1.26 bits per heavy atom. The van der Waals surface area contributed by atoms with Crippen LogP contribution in [0, 0.1) is 0 Å². The predicted molar refractivity (Wildman–Crippen MR) is 191 cm³/mol. The van der Waals surface area contributed by atoms with E-state index >= 15 is 0 Å². The van der Waals surface area contributed by atoms with Crippen molar-refractivity contribution in [2.75, 3.05) is 40.9 Å². The Labute approximate surface area is 283 Å². The molecule has 0 aliphatic rings. The minimum Gasteiger partial charge on any atom is -0.756 e. The summed E-state index contributed by atoms with van der Waals surface area (Å²) in [5.74, 6) is -0.218. The maximum atomic E-state index is 12.7. The van der Waals surface area contributed by atoms with Gasteiger partial charge in [0.05, 0.1) is 39.9 Å². The van der Waals surface area contributed by atoms with Crippen LogP contribution in [0.25, 0.3) is 0 Å². The Hall–Kier alpha value is -1.28. The summed E-state index contributed by atoms with van der Waals surface area (Å²) in [4.78, 5) is 25.0. The van der Waals surface area contributed by atoms with Gasteiger partial charge in [-0.25, -0.2) is 0 Å². The van der Waals surface area contributed by atoms with Gasteiger partial charge in [-0.15, -0.1) is 0 Å². The number of carbonyl (C=O) groups excluding carboxylic acids is 1. The van der Waals surface area contributed by atoms with Crippen molar-refractivity contribution in [3.05, 3.63) is 36.5 Å². The topological polar surface area (TPSA) is 108 Å². The maximum Gasteiger partial charge on any atom is 0.268 e. The molecule has 9 heteroatoms. The number of phosphoric acid groups is 1. The largest absolute Gasteiger partial charge is 0.756 e. The van der Waals surface area contributed by atoms with E-state index in [-0.39, 0.29) is 19.1 Å². The number of hydrogen-bond donors (Lipinski definition) is 2. The van der Waals surface area contributed by atoms with Gasteiger partial charge >= 0.3 is 0 Å². The van der Waals surface area contributed by atoms with Crippen molar-refractivity contribution in [3.63, 3.8) is 0 Å². The normalized spacial score (nSPS) is 15.2. The molecule has 0 saturated carbocycles. The number of likely N-dealkylation sites (N-methyl/N-ethyl adjacent to an activating group) is 1. The van der Waals surface area contributed by atoms with Crippen molar-refractivity contribution in [3.8, 4) is 0 Å².